The number of halogens is 3. The summed E-state index contributed by atoms with van der Waals surface area (Å²) in [6.45, 7) is 1.73. The van der Waals surface area contributed by atoms with Crippen molar-refractivity contribution < 1.29 is 13.6 Å². The van der Waals surface area contributed by atoms with Gasteiger partial charge < -0.3 is 10.6 Å². The Morgan fingerprint density at radius 2 is 1.86 bits per heavy atom. The number of para-hydroxylation sites is 1. The average molecular weight is 311 g/mol. The fourth-order valence-electron chi connectivity index (χ4n) is 1.75. The summed E-state index contributed by atoms with van der Waals surface area (Å²) in [6, 6.07) is 8.69. The molecular weight excluding hydrogens is 298 g/mol. The Bertz CT molecular complexity index is 656. The van der Waals surface area contributed by atoms with Crippen LogP contribution in [0.15, 0.2) is 36.4 Å². The summed E-state index contributed by atoms with van der Waals surface area (Å²) in [5.74, 6) is -2.22. The molecule has 0 aromatic heterocycles. The molecule has 0 heterocycles. The van der Waals surface area contributed by atoms with E-state index in [1.165, 1.54) is 6.07 Å². The van der Waals surface area contributed by atoms with Crippen molar-refractivity contribution in [3.05, 3.63) is 58.6 Å². The summed E-state index contributed by atoms with van der Waals surface area (Å²) in [4.78, 5) is 11.7. The molecule has 2 N–H and O–H groups in total. The van der Waals surface area contributed by atoms with Gasteiger partial charge in [0.1, 0.15) is 17.3 Å². The first kappa shape index (κ1) is 15.3. The van der Waals surface area contributed by atoms with Crippen LogP contribution in [-0.4, -0.2) is 12.5 Å². The second-order valence-electron chi connectivity index (χ2n) is 4.48. The van der Waals surface area contributed by atoms with Gasteiger partial charge in [0.2, 0.25) is 5.91 Å². The number of nitrogens with one attached hydrogen (secondary N) is 2. The molecule has 0 fully saturated rings. The van der Waals surface area contributed by atoms with Crippen molar-refractivity contribution in [2.75, 3.05) is 17.2 Å². The van der Waals surface area contributed by atoms with Crippen LogP contribution in [0.1, 0.15) is 5.56 Å². The standard InChI is InChI=1S/C15H13ClF2N2O/c1-9-5-6-10(16)13(7-9)19-8-14(21)20-15-11(17)3-2-4-12(15)18/h2-7,19H,8H2,1H3,(H,20,21). The summed E-state index contributed by atoms with van der Waals surface area (Å²) in [5.41, 5.74) is 1.10. The molecule has 0 aliphatic carbocycles. The molecule has 1 amide bonds. The van der Waals surface area contributed by atoms with E-state index in [-0.39, 0.29) is 6.54 Å². The van der Waals surface area contributed by atoms with Gasteiger partial charge in [-0.15, -0.1) is 0 Å². The predicted octanol–water partition coefficient (Wildman–Crippen LogP) is 3.98. The number of amides is 1. The minimum atomic E-state index is -0.822. The number of benzene rings is 2. The summed E-state index contributed by atoms with van der Waals surface area (Å²) < 4.78 is 26.8. The molecule has 0 bridgehead atoms. The maximum atomic E-state index is 13.4. The Hall–Kier alpha value is -2.14. The lowest BCUT2D eigenvalue weighted by atomic mass is 10.2. The zero-order chi connectivity index (χ0) is 15.4. The molecule has 21 heavy (non-hydrogen) atoms. The predicted molar refractivity (Wildman–Crippen MR) is 79.7 cm³/mol. The molecular formula is C15H13ClF2N2O. The van der Waals surface area contributed by atoms with Crippen molar-refractivity contribution in [1.29, 1.82) is 0 Å². The van der Waals surface area contributed by atoms with Crippen LogP contribution < -0.4 is 10.6 Å². The third kappa shape index (κ3) is 3.92. The molecule has 0 saturated heterocycles. The van der Waals surface area contributed by atoms with E-state index in [0.717, 1.165) is 17.7 Å². The highest BCUT2D eigenvalue weighted by Crippen LogP contribution is 2.22. The van der Waals surface area contributed by atoms with Gasteiger partial charge in [-0.25, -0.2) is 8.78 Å². The lowest BCUT2D eigenvalue weighted by Crippen LogP contribution is -2.23. The Balaban J connectivity index is 2.01. The Morgan fingerprint density at radius 3 is 2.52 bits per heavy atom. The van der Waals surface area contributed by atoms with E-state index >= 15 is 0 Å². The van der Waals surface area contributed by atoms with Gasteiger partial charge in [-0.05, 0) is 36.8 Å². The second-order valence-corrected chi connectivity index (χ2v) is 4.89. The van der Waals surface area contributed by atoms with Crippen LogP contribution in [0.5, 0.6) is 0 Å². The molecule has 0 radical (unpaired) electrons. The maximum Gasteiger partial charge on any atom is 0.243 e. The molecule has 0 unspecified atom stereocenters. The van der Waals surface area contributed by atoms with E-state index in [2.05, 4.69) is 10.6 Å². The molecule has 0 spiro atoms. The van der Waals surface area contributed by atoms with E-state index in [0.29, 0.717) is 10.7 Å². The van der Waals surface area contributed by atoms with Crippen molar-refractivity contribution in [1.82, 2.24) is 0 Å². The lowest BCUT2D eigenvalue weighted by Gasteiger charge is -2.10. The summed E-state index contributed by atoms with van der Waals surface area (Å²) >= 11 is 5.98. The van der Waals surface area contributed by atoms with Crippen molar-refractivity contribution in [3.63, 3.8) is 0 Å². The van der Waals surface area contributed by atoms with Gasteiger partial charge in [0.25, 0.3) is 0 Å². The minimum Gasteiger partial charge on any atom is -0.375 e. The van der Waals surface area contributed by atoms with E-state index in [9.17, 15) is 13.6 Å². The van der Waals surface area contributed by atoms with E-state index in [4.69, 9.17) is 11.6 Å². The Kier molecular flexibility index (Phi) is 4.75. The fourth-order valence-corrected chi connectivity index (χ4v) is 1.94. The number of hydrogen-bond acceptors (Lipinski definition) is 2. The van der Waals surface area contributed by atoms with Crippen molar-refractivity contribution in [2.45, 2.75) is 6.92 Å². The average Bonchev–Trinajstić information content (AvgIpc) is 2.44. The molecule has 3 nitrogen and oxygen atoms in total. The van der Waals surface area contributed by atoms with Gasteiger partial charge in [-0.3, -0.25) is 4.79 Å². The number of hydrogen-bond donors (Lipinski definition) is 2. The summed E-state index contributed by atoms with van der Waals surface area (Å²) in [7, 11) is 0. The van der Waals surface area contributed by atoms with Gasteiger partial charge in [0.05, 0.1) is 17.3 Å². The van der Waals surface area contributed by atoms with Gasteiger partial charge in [-0.1, -0.05) is 23.7 Å². The zero-order valence-corrected chi connectivity index (χ0v) is 12.0. The van der Waals surface area contributed by atoms with Gasteiger partial charge in [0, 0.05) is 0 Å². The minimum absolute atomic E-state index is 0.156. The van der Waals surface area contributed by atoms with Crippen molar-refractivity contribution >= 4 is 28.9 Å². The van der Waals surface area contributed by atoms with Crippen molar-refractivity contribution in [2.24, 2.45) is 0 Å². The molecule has 6 heteroatoms. The van der Waals surface area contributed by atoms with Crippen LogP contribution in [0.2, 0.25) is 5.02 Å². The highest BCUT2D eigenvalue weighted by atomic mass is 35.5. The Morgan fingerprint density at radius 1 is 1.19 bits per heavy atom. The highest BCUT2D eigenvalue weighted by Gasteiger charge is 2.12. The normalized spacial score (nSPS) is 10.3. The molecule has 2 aromatic rings. The maximum absolute atomic E-state index is 13.4. The SMILES string of the molecule is Cc1ccc(Cl)c(NCC(=O)Nc2c(F)cccc2F)c1. The third-order valence-electron chi connectivity index (χ3n) is 2.79. The van der Waals surface area contributed by atoms with Crippen LogP contribution in [0.3, 0.4) is 0 Å². The monoisotopic (exact) mass is 310 g/mol. The largest absolute Gasteiger partial charge is 0.375 e. The molecule has 110 valence electrons. The smallest absolute Gasteiger partial charge is 0.243 e. The first-order chi connectivity index (χ1) is 9.97. The molecule has 2 rings (SSSR count). The van der Waals surface area contributed by atoms with Gasteiger partial charge in [-0.2, -0.15) is 0 Å². The van der Waals surface area contributed by atoms with Crippen LogP contribution in [0, 0.1) is 18.6 Å². The van der Waals surface area contributed by atoms with E-state index in [1.54, 1.807) is 12.1 Å². The van der Waals surface area contributed by atoms with Gasteiger partial charge >= 0.3 is 0 Å². The van der Waals surface area contributed by atoms with E-state index in [1.807, 2.05) is 13.0 Å². The molecule has 0 saturated carbocycles. The number of rotatable bonds is 4. The Labute approximate surface area is 125 Å². The van der Waals surface area contributed by atoms with Crippen LogP contribution >= 0.6 is 11.6 Å². The van der Waals surface area contributed by atoms with E-state index < -0.39 is 23.2 Å². The molecule has 2 aromatic carbocycles. The number of carbonyl (C=O) groups is 1. The topological polar surface area (TPSA) is 41.1 Å². The third-order valence-corrected chi connectivity index (χ3v) is 3.12. The second kappa shape index (κ2) is 6.54. The summed E-state index contributed by atoms with van der Waals surface area (Å²) in [6.07, 6.45) is 0. The lowest BCUT2D eigenvalue weighted by molar-refractivity contribution is -0.114. The van der Waals surface area contributed by atoms with Crippen molar-refractivity contribution in [3.8, 4) is 0 Å². The highest BCUT2D eigenvalue weighted by molar-refractivity contribution is 6.33. The first-order valence-electron chi connectivity index (χ1n) is 6.21. The number of anilines is 2. The molecule has 0 atom stereocenters. The number of aryl methyl sites for hydroxylation is 1. The zero-order valence-electron chi connectivity index (χ0n) is 11.2. The molecule has 0 aliphatic heterocycles. The summed E-state index contributed by atoms with van der Waals surface area (Å²) in [5, 5.41) is 5.48. The van der Waals surface area contributed by atoms with Crippen LogP contribution in [0.4, 0.5) is 20.2 Å². The van der Waals surface area contributed by atoms with Gasteiger partial charge in [0.15, 0.2) is 0 Å². The van der Waals surface area contributed by atoms with Crippen LogP contribution in [0.25, 0.3) is 0 Å². The van der Waals surface area contributed by atoms with Crippen LogP contribution in [-0.2, 0) is 4.79 Å². The quantitative estimate of drug-likeness (QED) is 0.897. The first-order valence-corrected chi connectivity index (χ1v) is 6.59. The molecule has 0 aliphatic rings. The number of carbonyl (C=O) groups excluding carboxylic acids is 1. The fraction of sp³-hybridized carbons (Fsp3) is 0.133.